The molecule has 10 heavy (non-hydrogen) atoms. The van der Waals surface area contributed by atoms with E-state index in [2.05, 4.69) is 32.6 Å². The van der Waals surface area contributed by atoms with E-state index in [1.165, 1.54) is 6.42 Å². The van der Waals surface area contributed by atoms with Crippen LogP contribution in [0.4, 0.5) is 0 Å². The van der Waals surface area contributed by atoms with Gasteiger partial charge in [0.05, 0.1) is 0 Å². The second-order valence-electron chi connectivity index (χ2n) is 2.53. The first-order valence-electron chi connectivity index (χ1n) is 4.12. The topological polar surface area (TPSA) is 0 Å². The summed E-state index contributed by atoms with van der Waals surface area (Å²) in [5.74, 6) is 0.720. The third-order valence-electron chi connectivity index (χ3n) is 1.64. The molecule has 0 saturated heterocycles. The summed E-state index contributed by atoms with van der Waals surface area (Å²) in [7, 11) is 0. The normalized spacial score (nSPS) is 13.8. The molecule has 0 aromatic heterocycles. The molecule has 0 spiro atoms. The van der Waals surface area contributed by atoms with Crippen LogP contribution in [0.2, 0.25) is 0 Å². The fourth-order valence-corrected chi connectivity index (χ4v) is 0.924. The van der Waals surface area contributed by atoms with E-state index in [0.29, 0.717) is 0 Å². The first kappa shape index (κ1) is 9.48. The highest BCUT2D eigenvalue weighted by atomic mass is 14.0. The zero-order valence-corrected chi connectivity index (χ0v) is 7.14. The minimum atomic E-state index is 0.720. The lowest BCUT2D eigenvalue weighted by Gasteiger charge is -2.04. The molecule has 0 N–H and O–H groups in total. The number of hydrogen-bond donors (Lipinski definition) is 0. The molecule has 0 aromatic rings. The van der Waals surface area contributed by atoms with Crippen LogP contribution in [-0.4, -0.2) is 0 Å². The summed E-state index contributed by atoms with van der Waals surface area (Å²) in [5, 5.41) is 0. The van der Waals surface area contributed by atoms with Crippen molar-refractivity contribution in [1.82, 2.24) is 0 Å². The van der Waals surface area contributed by atoms with E-state index in [1.54, 1.807) is 0 Å². The van der Waals surface area contributed by atoms with Crippen molar-refractivity contribution in [2.75, 3.05) is 0 Å². The third-order valence-corrected chi connectivity index (χ3v) is 1.64. The summed E-state index contributed by atoms with van der Waals surface area (Å²) < 4.78 is 0. The van der Waals surface area contributed by atoms with E-state index in [1.807, 2.05) is 6.08 Å². The smallest absolute Gasteiger partial charge is 0.0202 e. The van der Waals surface area contributed by atoms with Crippen LogP contribution in [0.5, 0.6) is 0 Å². The lowest BCUT2D eigenvalue weighted by molar-refractivity contribution is 0.637. The van der Waals surface area contributed by atoms with Gasteiger partial charge in [0, 0.05) is 0 Å². The Labute approximate surface area is 64.6 Å². The first-order valence-corrected chi connectivity index (χ1v) is 4.12. The van der Waals surface area contributed by atoms with Gasteiger partial charge in [-0.1, -0.05) is 32.1 Å². The molecule has 1 unspecified atom stereocenters. The summed E-state index contributed by atoms with van der Waals surface area (Å²) in [4.78, 5) is 0. The van der Waals surface area contributed by atoms with Gasteiger partial charge in [0.1, 0.15) is 0 Å². The molecule has 0 aromatic carbocycles. The van der Waals surface area contributed by atoms with E-state index >= 15 is 0 Å². The molecule has 0 aliphatic rings. The molecule has 58 valence electrons. The maximum atomic E-state index is 3.72. The van der Waals surface area contributed by atoms with Gasteiger partial charge in [-0.25, -0.2) is 0 Å². The van der Waals surface area contributed by atoms with Crippen LogP contribution in [0.1, 0.15) is 33.1 Å². The van der Waals surface area contributed by atoms with Gasteiger partial charge in [-0.2, -0.15) is 0 Å². The van der Waals surface area contributed by atoms with Crippen LogP contribution in [-0.2, 0) is 0 Å². The van der Waals surface area contributed by atoms with Crippen LogP contribution in [0.15, 0.2) is 24.8 Å². The average molecular weight is 138 g/mol. The van der Waals surface area contributed by atoms with E-state index < -0.39 is 0 Å². The Bertz CT molecular complexity index is 101. The van der Waals surface area contributed by atoms with Crippen LogP contribution < -0.4 is 0 Å². The predicted molar refractivity (Wildman–Crippen MR) is 48.0 cm³/mol. The van der Waals surface area contributed by atoms with Gasteiger partial charge in [0.25, 0.3) is 0 Å². The Kier molecular flexibility index (Phi) is 6.25. The molecule has 0 heteroatoms. The van der Waals surface area contributed by atoms with E-state index in [0.717, 1.165) is 18.8 Å². The second kappa shape index (κ2) is 6.60. The van der Waals surface area contributed by atoms with Crippen LogP contribution in [0.3, 0.4) is 0 Å². The van der Waals surface area contributed by atoms with E-state index in [9.17, 15) is 0 Å². The van der Waals surface area contributed by atoms with Crippen molar-refractivity contribution >= 4 is 0 Å². The van der Waals surface area contributed by atoms with Gasteiger partial charge in [-0.3, -0.25) is 0 Å². The first-order chi connectivity index (χ1) is 4.85. The third kappa shape index (κ3) is 4.37. The van der Waals surface area contributed by atoms with Gasteiger partial charge in [-0.05, 0) is 25.2 Å². The van der Waals surface area contributed by atoms with Gasteiger partial charge < -0.3 is 0 Å². The molecule has 0 heterocycles. The Hall–Kier alpha value is -0.520. The molecule has 0 nitrogen and oxygen atoms in total. The summed E-state index contributed by atoms with van der Waals surface area (Å²) in [5.41, 5.74) is 0. The summed E-state index contributed by atoms with van der Waals surface area (Å²) >= 11 is 0. The fourth-order valence-electron chi connectivity index (χ4n) is 0.924. The van der Waals surface area contributed by atoms with Gasteiger partial charge in [0.2, 0.25) is 0 Å². The minimum Gasteiger partial charge on any atom is -0.103 e. The quantitative estimate of drug-likeness (QED) is 0.510. The fraction of sp³-hybridized carbons (Fsp3) is 0.600. The Balaban J connectivity index is 3.58. The van der Waals surface area contributed by atoms with Crippen molar-refractivity contribution in [3.05, 3.63) is 24.8 Å². The van der Waals surface area contributed by atoms with Crippen LogP contribution >= 0.6 is 0 Å². The number of rotatable bonds is 5. The summed E-state index contributed by atoms with van der Waals surface area (Å²) in [6.07, 6.45) is 10.0. The number of hydrogen-bond acceptors (Lipinski definition) is 0. The highest BCUT2D eigenvalue weighted by Crippen LogP contribution is 2.10. The predicted octanol–water partition coefficient (Wildman–Crippen LogP) is 3.55. The largest absolute Gasteiger partial charge is 0.103 e. The van der Waals surface area contributed by atoms with Crippen molar-refractivity contribution in [2.24, 2.45) is 5.92 Å². The molecule has 0 aliphatic carbocycles. The van der Waals surface area contributed by atoms with Gasteiger partial charge in [0.15, 0.2) is 0 Å². The molecular formula is C10H18. The monoisotopic (exact) mass is 138 g/mol. The molecule has 0 saturated carbocycles. The molecule has 0 aliphatic heterocycles. The minimum absolute atomic E-state index is 0.720. The zero-order valence-electron chi connectivity index (χ0n) is 7.14. The van der Waals surface area contributed by atoms with Crippen molar-refractivity contribution in [3.63, 3.8) is 0 Å². The Morgan fingerprint density at radius 3 is 2.50 bits per heavy atom. The average Bonchev–Trinajstić information content (AvgIpc) is 1.98. The molecular weight excluding hydrogens is 120 g/mol. The molecule has 0 bridgehead atoms. The molecule has 0 rings (SSSR count). The van der Waals surface area contributed by atoms with Crippen molar-refractivity contribution < 1.29 is 0 Å². The summed E-state index contributed by atoms with van der Waals surface area (Å²) in [6, 6.07) is 0. The molecule has 1 atom stereocenters. The Morgan fingerprint density at radius 1 is 1.40 bits per heavy atom. The highest BCUT2D eigenvalue weighted by molar-refractivity contribution is 4.90. The lowest BCUT2D eigenvalue weighted by atomic mass is 10.0. The standard InChI is InChI=1S/C10H18/c1-4-7-9-10(6-3)8-5-2/h5,7,9-10H,2,4,6,8H2,1,3H3/b9-7+. The van der Waals surface area contributed by atoms with Crippen molar-refractivity contribution in [2.45, 2.75) is 33.1 Å². The van der Waals surface area contributed by atoms with Crippen molar-refractivity contribution in [1.29, 1.82) is 0 Å². The lowest BCUT2D eigenvalue weighted by Crippen LogP contribution is -1.90. The van der Waals surface area contributed by atoms with Crippen LogP contribution in [0, 0.1) is 5.92 Å². The molecule has 0 fully saturated rings. The Morgan fingerprint density at radius 2 is 2.10 bits per heavy atom. The zero-order chi connectivity index (χ0) is 7.82. The van der Waals surface area contributed by atoms with E-state index in [4.69, 9.17) is 0 Å². The summed E-state index contributed by atoms with van der Waals surface area (Å²) in [6.45, 7) is 8.10. The van der Waals surface area contributed by atoms with E-state index in [-0.39, 0.29) is 0 Å². The molecule has 0 radical (unpaired) electrons. The van der Waals surface area contributed by atoms with Gasteiger partial charge >= 0.3 is 0 Å². The van der Waals surface area contributed by atoms with Gasteiger partial charge in [-0.15, -0.1) is 6.58 Å². The van der Waals surface area contributed by atoms with Crippen molar-refractivity contribution in [3.8, 4) is 0 Å². The maximum absolute atomic E-state index is 3.72. The number of allylic oxidation sites excluding steroid dienone is 3. The van der Waals surface area contributed by atoms with Crippen LogP contribution in [0.25, 0.3) is 0 Å². The maximum Gasteiger partial charge on any atom is -0.0202 e. The highest BCUT2D eigenvalue weighted by Gasteiger charge is 1.95. The second-order valence-corrected chi connectivity index (χ2v) is 2.53. The molecule has 0 amide bonds. The SMILES string of the molecule is C=CCC(/C=C/CC)CC.